The van der Waals surface area contributed by atoms with Crippen LogP contribution in [0.5, 0.6) is 0 Å². The first kappa shape index (κ1) is 8.04. The number of aliphatic hydroxyl groups is 1. The first-order valence-electron chi connectivity index (χ1n) is 3.13. The summed E-state index contributed by atoms with van der Waals surface area (Å²) in [4.78, 5) is 10.5. The van der Waals surface area contributed by atoms with Crippen molar-refractivity contribution >= 4 is 17.5 Å². The van der Waals surface area contributed by atoms with Crippen molar-refractivity contribution in [3.8, 4) is 0 Å². The third-order valence-electron chi connectivity index (χ3n) is 1.19. The average molecular weight is 162 g/mol. The Labute approximate surface area is 63.8 Å². The summed E-state index contributed by atoms with van der Waals surface area (Å²) in [6.07, 6.45) is -0.267. The van der Waals surface area contributed by atoms with Crippen LogP contribution >= 0.6 is 11.8 Å². The fourth-order valence-corrected chi connectivity index (χ4v) is 1.80. The Bertz CT molecular complexity index is 137. The molecule has 2 unspecified atom stereocenters. The largest absolute Gasteiger partial charge is 0.367 e. The van der Waals surface area contributed by atoms with E-state index in [4.69, 9.17) is 9.84 Å². The third-order valence-corrected chi connectivity index (χ3v) is 2.31. The minimum absolute atomic E-state index is 0.103. The molecule has 0 aliphatic carbocycles. The van der Waals surface area contributed by atoms with E-state index in [-0.39, 0.29) is 11.2 Å². The highest BCUT2D eigenvalue weighted by atomic mass is 32.2. The summed E-state index contributed by atoms with van der Waals surface area (Å²) in [5.41, 5.74) is -0.118. The van der Waals surface area contributed by atoms with Gasteiger partial charge in [-0.05, 0) is 6.92 Å². The monoisotopic (exact) mass is 162 g/mol. The number of carbonyl (C=O) groups excluding carboxylic acids is 1. The maximum absolute atomic E-state index is 10.5. The number of hydrogen-bond donors (Lipinski definition) is 1. The highest BCUT2D eigenvalue weighted by molar-refractivity contribution is 8.00. The number of Topliss-reactive ketones (excluding diaryl/α,β-unsaturated/α-hetero) is 1. The normalized spacial score (nSPS) is 32.6. The topological polar surface area (TPSA) is 46.5 Å². The zero-order chi connectivity index (χ0) is 7.56. The smallest absolute Gasteiger partial charge is 0.165 e. The van der Waals surface area contributed by atoms with Crippen molar-refractivity contribution < 1.29 is 14.6 Å². The van der Waals surface area contributed by atoms with Gasteiger partial charge in [-0.1, -0.05) is 0 Å². The standard InChI is InChI=1S/C6H10O3S/c1-4(7)2-6-9-5(8)3-10-6/h5-6,8H,2-3H2,1H3. The zero-order valence-electron chi connectivity index (χ0n) is 5.74. The molecule has 0 radical (unpaired) electrons. The van der Waals surface area contributed by atoms with Gasteiger partial charge in [-0.15, -0.1) is 11.8 Å². The molecule has 0 aromatic carbocycles. The molecule has 1 aliphatic heterocycles. The molecular formula is C6H10O3S. The molecule has 0 spiro atoms. The van der Waals surface area contributed by atoms with Crippen molar-refractivity contribution in [1.29, 1.82) is 0 Å². The Morgan fingerprint density at radius 3 is 3.00 bits per heavy atom. The molecule has 0 saturated carbocycles. The molecule has 1 N–H and O–H groups in total. The van der Waals surface area contributed by atoms with Gasteiger partial charge in [0.15, 0.2) is 6.29 Å². The van der Waals surface area contributed by atoms with Gasteiger partial charge in [-0.25, -0.2) is 0 Å². The SMILES string of the molecule is CC(=O)CC1OC(O)CS1. The summed E-state index contributed by atoms with van der Waals surface area (Å²) in [5, 5.41) is 8.86. The molecule has 10 heavy (non-hydrogen) atoms. The molecule has 1 saturated heterocycles. The number of ether oxygens (including phenoxy) is 1. The first-order chi connectivity index (χ1) is 4.68. The lowest BCUT2D eigenvalue weighted by Crippen LogP contribution is -2.12. The Hall–Kier alpha value is -0.0600. The second-order valence-electron chi connectivity index (χ2n) is 2.26. The molecule has 1 fully saturated rings. The summed E-state index contributed by atoms with van der Waals surface area (Å²) in [5.74, 6) is 0.685. The molecule has 1 aliphatic rings. The van der Waals surface area contributed by atoms with E-state index in [1.165, 1.54) is 18.7 Å². The molecule has 1 rings (SSSR count). The molecule has 0 aromatic heterocycles. The molecule has 58 valence electrons. The van der Waals surface area contributed by atoms with Crippen molar-refractivity contribution in [2.45, 2.75) is 25.1 Å². The van der Waals surface area contributed by atoms with E-state index in [1.54, 1.807) is 0 Å². The van der Waals surface area contributed by atoms with Gasteiger partial charge < -0.3 is 9.84 Å². The second kappa shape index (κ2) is 3.37. The van der Waals surface area contributed by atoms with E-state index in [2.05, 4.69) is 0 Å². The molecule has 4 heteroatoms. The lowest BCUT2D eigenvalue weighted by Gasteiger charge is -2.05. The van der Waals surface area contributed by atoms with E-state index in [0.717, 1.165) is 0 Å². The Morgan fingerprint density at radius 1 is 1.90 bits per heavy atom. The van der Waals surface area contributed by atoms with E-state index < -0.39 is 6.29 Å². The van der Waals surface area contributed by atoms with Gasteiger partial charge in [-0.3, -0.25) is 4.79 Å². The summed E-state index contributed by atoms with van der Waals surface area (Å²) >= 11 is 1.49. The molecule has 0 bridgehead atoms. The van der Waals surface area contributed by atoms with Crippen LogP contribution in [0.15, 0.2) is 0 Å². The van der Waals surface area contributed by atoms with Gasteiger partial charge >= 0.3 is 0 Å². The van der Waals surface area contributed by atoms with Gasteiger partial charge in [0.2, 0.25) is 0 Å². The minimum Gasteiger partial charge on any atom is -0.367 e. The van der Waals surface area contributed by atoms with Crippen LogP contribution in [0.3, 0.4) is 0 Å². The van der Waals surface area contributed by atoms with E-state index >= 15 is 0 Å². The predicted octanol–water partition coefficient (Wildman–Crippen LogP) is 0.373. The Morgan fingerprint density at radius 2 is 2.60 bits per heavy atom. The van der Waals surface area contributed by atoms with Crippen LogP contribution in [-0.2, 0) is 9.53 Å². The van der Waals surface area contributed by atoms with Crippen LogP contribution in [0.1, 0.15) is 13.3 Å². The average Bonchev–Trinajstić information content (AvgIpc) is 2.13. The third kappa shape index (κ3) is 2.28. The number of thioether (sulfide) groups is 1. The number of aliphatic hydroxyl groups excluding tert-OH is 1. The molecule has 0 amide bonds. The van der Waals surface area contributed by atoms with Crippen LogP contribution in [0.4, 0.5) is 0 Å². The minimum atomic E-state index is -0.672. The molecule has 3 nitrogen and oxygen atoms in total. The van der Waals surface area contributed by atoms with Crippen LogP contribution in [0.2, 0.25) is 0 Å². The van der Waals surface area contributed by atoms with Gasteiger partial charge in [0, 0.05) is 12.2 Å². The number of hydrogen-bond acceptors (Lipinski definition) is 4. The van der Waals surface area contributed by atoms with Gasteiger partial charge in [0.05, 0.1) is 0 Å². The summed E-state index contributed by atoms with van der Waals surface area (Å²) in [7, 11) is 0. The van der Waals surface area contributed by atoms with Crippen molar-refractivity contribution in [3.05, 3.63) is 0 Å². The number of rotatable bonds is 2. The van der Waals surface area contributed by atoms with Crippen LogP contribution in [0.25, 0.3) is 0 Å². The van der Waals surface area contributed by atoms with E-state index in [1.807, 2.05) is 0 Å². The summed E-state index contributed by atoms with van der Waals surface area (Å²) in [6, 6.07) is 0. The van der Waals surface area contributed by atoms with Gasteiger partial charge in [-0.2, -0.15) is 0 Å². The lowest BCUT2D eigenvalue weighted by atomic mass is 10.3. The maximum atomic E-state index is 10.5. The quantitative estimate of drug-likeness (QED) is 0.637. The highest BCUT2D eigenvalue weighted by Gasteiger charge is 2.24. The van der Waals surface area contributed by atoms with Crippen molar-refractivity contribution in [2.75, 3.05) is 5.75 Å². The van der Waals surface area contributed by atoms with Crippen LogP contribution < -0.4 is 0 Å². The highest BCUT2D eigenvalue weighted by Crippen LogP contribution is 2.26. The van der Waals surface area contributed by atoms with Crippen LogP contribution in [0, 0.1) is 0 Å². The summed E-state index contributed by atoms with van der Waals surface area (Å²) < 4.78 is 4.97. The zero-order valence-corrected chi connectivity index (χ0v) is 6.56. The number of ketones is 1. The second-order valence-corrected chi connectivity index (χ2v) is 3.45. The molecule has 1 heterocycles. The molecule has 0 aromatic rings. The summed E-state index contributed by atoms with van der Waals surface area (Å²) in [6.45, 7) is 1.52. The van der Waals surface area contributed by atoms with Crippen molar-refractivity contribution in [3.63, 3.8) is 0 Å². The fraction of sp³-hybridized carbons (Fsp3) is 0.833. The van der Waals surface area contributed by atoms with Crippen molar-refractivity contribution in [2.24, 2.45) is 0 Å². The lowest BCUT2D eigenvalue weighted by molar-refractivity contribution is -0.122. The molecular weight excluding hydrogens is 152 g/mol. The Kier molecular flexibility index (Phi) is 2.71. The van der Waals surface area contributed by atoms with E-state index in [0.29, 0.717) is 12.2 Å². The van der Waals surface area contributed by atoms with Gasteiger partial charge in [0.1, 0.15) is 11.2 Å². The fourth-order valence-electron chi connectivity index (χ4n) is 0.785. The molecule has 2 atom stereocenters. The van der Waals surface area contributed by atoms with Crippen molar-refractivity contribution in [1.82, 2.24) is 0 Å². The number of carbonyl (C=O) groups is 1. The Balaban J connectivity index is 2.24. The van der Waals surface area contributed by atoms with E-state index in [9.17, 15) is 4.79 Å². The first-order valence-corrected chi connectivity index (χ1v) is 4.18. The van der Waals surface area contributed by atoms with Crippen LogP contribution in [-0.4, -0.2) is 28.4 Å². The maximum Gasteiger partial charge on any atom is 0.165 e. The van der Waals surface area contributed by atoms with Gasteiger partial charge in [0.25, 0.3) is 0 Å². The predicted molar refractivity (Wildman–Crippen MR) is 38.6 cm³/mol.